The number of nitrogens with zero attached hydrogens (tertiary/aromatic N) is 2. The lowest BCUT2D eigenvalue weighted by atomic mass is 10.0. The Kier molecular flexibility index (Phi) is 4.42. The van der Waals surface area contributed by atoms with Gasteiger partial charge in [-0.15, -0.1) is 0 Å². The molecule has 2 atom stereocenters. The number of carbonyl (C=O) groups is 1. The fourth-order valence-corrected chi connectivity index (χ4v) is 3.57. The number of hydrogen-bond acceptors (Lipinski definition) is 5. The third-order valence-corrected chi connectivity index (χ3v) is 4.49. The molecule has 0 saturated heterocycles. The third kappa shape index (κ3) is 3.62. The lowest BCUT2D eigenvalue weighted by Gasteiger charge is -2.29. The number of carbonyl (C=O) groups excluding carboxylic acids is 1. The zero-order valence-corrected chi connectivity index (χ0v) is 16.1. The normalized spacial score (nSPS) is 25.8. The minimum absolute atomic E-state index is 0.135. The van der Waals surface area contributed by atoms with Crippen molar-refractivity contribution in [3.05, 3.63) is 29.8 Å². The van der Waals surface area contributed by atoms with Crippen LogP contribution in [-0.4, -0.2) is 27.6 Å². The maximum absolute atomic E-state index is 12.1. The highest BCUT2D eigenvalue weighted by molar-refractivity contribution is 9.10. The summed E-state index contributed by atoms with van der Waals surface area (Å²) in [5.41, 5.74) is 4.38. The number of nitrogens with one attached hydrogen (secondary N) is 2. The first-order valence-electron chi connectivity index (χ1n) is 7.75. The van der Waals surface area contributed by atoms with Gasteiger partial charge in [-0.2, -0.15) is 5.10 Å². The van der Waals surface area contributed by atoms with Crippen LogP contribution in [0.1, 0.15) is 32.8 Å². The summed E-state index contributed by atoms with van der Waals surface area (Å²) in [6, 6.07) is 7.81. The van der Waals surface area contributed by atoms with Crippen molar-refractivity contribution in [3.63, 3.8) is 0 Å². The number of hydrogen-bond donors (Lipinski definition) is 2. The maximum atomic E-state index is 12.1. The molecule has 130 valence electrons. The van der Waals surface area contributed by atoms with Crippen LogP contribution in [0.5, 0.6) is 0 Å². The Morgan fingerprint density at radius 2 is 2.17 bits per heavy atom. The maximum Gasteiger partial charge on any atom is 0.407 e. The van der Waals surface area contributed by atoms with Gasteiger partial charge in [-0.25, -0.2) is 4.79 Å². The Hall–Kier alpha value is -1.47. The number of alkyl carbamates (subject to hydrolysis) is 1. The fraction of sp³-hybridized carbons (Fsp3) is 0.500. The van der Waals surface area contributed by atoms with E-state index in [2.05, 4.69) is 31.8 Å². The quantitative estimate of drug-likeness (QED) is 0.544. The van der Waals surface area contributed by atoms with Crippen molar-refractivity contribution >= 4 is 45.1 Å². The summed E-state index contributed by atoms with van der Waals surface area (Å²) in [5.74, 6) is 0.757. The smallest absolute Gasteiger partial charge is 0.407 e. The molecule has 0 fully saturated rings. The van der Waals surface area contributed by atoms with Gasteiger partial charge in [-0.3, -0.25) is 10.3 Å². The highest BCUT2D eigenvalue weighted by Gasteiger charge is 2.43. The monoisotopic (exact) mass is 414 g/mol. The van der Waals surface area contributed by atoms with E-state index in [-0.39, 0.29) is 6.04 Å². The molecule has 2 N–H and O–H groups in total. The molecule has 2 aliphatic heterocycles. The Morgan fingerprint density at radius 3 is 2.88 bits per heavy atom. The molecule has 0 radical (unpaired) electrons. The first-order valence-corrected chi connectivity index (χ1v) is 8.92. The Bertz CT molecular complexity index is 687. The van der Waals surface area contributed by atoms with Crippen LogP contribution in [0.15, 0.2) is 29.4 Å². The van der Waals surface area contributed by atoms with Gasteiger partial charge in [-0.05, 0) is 54.8 Å². The average Bonchev–Trinajstić information content (AvgIpc) is 2.63. The number of para-hydroxylation sites is 1. The van der Waals surface area contributed by atoms with E-state index in [4.69, 9.17) is 16.3 Å². The Balaban J connectivity index is 1.86. The molecule has 0 aliphatic carbocycles. The summed E-state index contributed by atoms with van der Waals surface area (Å²) in [5, 5.41) is 7.26. The standard InChI is InChI=1S/C16H20BrClN4O2/c1-15(2,3)24-14(23)19-11-8-10-6-4-5-7-12(10)22-13(9-11)20-21-16(22,17)18/h4-7,11,21H,8-9H2,1-3H3,(H,19,23). The molecular weight excluding hydrogens is 396 g/mol. The summed E-state index contributed by atoms with van der Waals surface area (Å²) in [7, 11) is 0. The molecule has 1 amide bonds. The van der Waals surface area contributed by atoms with Gasteiger partial charge in [0.1, 0.15) is 11.4 Å². The van der Waals surface area contributed by atoms with Gasteiger partial charge in [0.2, 0.25) is 0 Å². The zero-order chi connectivity index (χ0) is 17.5. The topological polar surface area (TPSA) is 66.0 Å². The second-order valence-electron chi connectivity index (χ2n) is 6.90. The predicted octanol–water partition coefficient (Wildman–Crippen LogP) is 3.49. The molecule has 0 spiro atoms. The molecular formula is C16H20BrClN4O2. The van der Waals surface area contributed by atoms with Crippen LogP contribution in [0.2, 0.25) is 0 Å². The number of amides is 1. The van der Waals surface area contributed by atoms with Gasteiger partial charge in [-0.1, -0.05) is 29.8 Å². The SMILES string of the molecule is CC(C)(C)OC(=O)NC1CC2=NNC(Cl)(Br)N2c2ccccc2C1. The third-order valence-electron chi connectivity index (χ3n) is 3.71. The summed E-state index contributed by atoms with van der Waals surface area (Å²) in [6.07, 6.45) is 0.785. The minimum atomic E-state index is -1.00. The first kappa shape index (κ1) is 17.4. The number of hydrazone groups is 1. The van der Waals surface area contributed by atoms with Crippen LogP contribution in [0.3, 0.4) is 0 Å². The molecule has 2 heterocycles. The lowest BCUT2D eigenvalue weighted by molar-refractivity contribution is 0.0506. The number of alkyl halides is 2. The van der Waals surface area contributed by atoms with E-state index >= 15 is 0 Å². The second-order valence-corrected chi connectivity index (χ2v) is 9.05. The number of halogens is 2. The number of ether oxygens (including phenoxy) is 1. The van der Waals surface area contributed by atoms with Crippen molar-refractivity contribution in [1.29, 1.82) is 0 Å². The fourth-order valence-electron chi connectivity index (χ4n) is 2.86. The van der Waals surface area contributed by atoms with Crippen molar-refractivity contribution in [2.75, 3.05) is 4.90 Å². The van der Waals surface area contributed by atoms with E-state index in [9.17, 15) is 4.79 Å². The molecule has 0 bridgehead atoms. The summed E-state index contributed by atoms with van der Waals surface area (Å²) >= 11 is 9.94. The number of anilines is 1. The van der Waals surface area contributed by atoms with Crippen LogP contribution in [0, 0.1) is 0 Å². The van der Waals surface area contributed by atoms with Crippen molar-refractivity contribution in [2.24, 2.45) is 5.10 Å². The van der Waals surface area contributed by atoms with Gasteiger partial charge in [0, 0.05) is 18.2 Å². The van der Waals surface area contributed by atoms with Crippen molar-refractivity contribution in [3.8, 4) is 0 Å². The minimum Gasteiger partial charge on any atom is -0.444 e. The van der Waals surface area contributed by atoms with Crippen molar-refractivity contribution in [1.82, 2.24) is 10.7 Å². The molecule has 0 aromatic heterocycles. The molecule has 0 saturated carbocycles. The molecule has 2 aliphatic rings. The lowest BCUT2D eigenvalue weighted by Crippen LogP contribution is -2.46. The van der Waals surface area contributed by atoms with E-state index in [1.54, 1.807) is 0 Å². The molecule has 6 nitrogen and oxygen atoms in total. The molecule has 8 heteroatoms. The first-order chi connectivity index (χ1) is 11.2. The molecule has 2 unspecified atom stereocenters. The Morgan fingerprint density at radius 1 is 1.46 bits per heavy atom. The highest BCUT2D eigenvalue weighted by Crippen LogP contribution is 2.39. The van der Waals surface area contributed by atoms with Crippen LogP contribution in [-0.2, 0) is 11.2 Å². The second kappa shape index (κ2) is 6.11. The highest BCUT2D eigenvalue weighted by atomic mass is 79.9. The average molecular weight is 416 g/mol. The van der Waals surface area contributed by atoms with E-state index in [1.807, 2.05) is 49.9 Å². The largest absolute Gasteiger partial charge is 0.444 e. The van der Waals surface area contributed by atoms with E-state index in [0.717, 1.165) is 17.1 Å². The van der Waals surface area contributed by atoms with Gasteiger partial charge in [0.25, 0.3) is 4.03 Å². The molecule has 1 aromatic carbocycles. The zero-order valence-electron chi connectivity index (χ0n) is 13.8. The number of amidine groups is 1. The van der Waals surface area contributed by atoms with Crippen LogP contribution >= 0.6 is 27.5 Å². The van der Waals surface area contributed by atoms with Gasteiger partial charge in [0.15, 0.2) is 0 Å². The van der Waals surface area contributed by atoms with Crippen LogP contribution < -0.4 is 15.6 Å². The summed E-state index contributed by atoms with van der Waals surface area (Å²) < 4.78 is 4.37. The Labute approximate surface area is 154 Å². The van der Waals surface area contributed by atoms with Crippen molar-refractivity contribution < 1.29 is 9.53 Å². The number of benzene rings is 1. The summed E-state index contributed by atoms with van der Waals surface area (Å²) in [4.78, 5) is 14.0. The number of fused-ring (bicyclic) bond motifs is 3. The van der Waals surface area contributed by atoms with Crippen LogP contribution in [0.25, 0.3) is 0 Å². The van der Waals surface area contributed by atoms with Gasteiger partial charge < -0.3 is 10.1 Å². The van der Waals surface area contributed by atoms with Gasteiger partial charge in [0.05, 0.1) is 0 Å². The summed E-state index contributed by atoms with van der Waals surface area (Å²) in [6.45, 7) is 5.52. The van der Waals surface area contributed by atoms with E-state index in [1.165, 1.54) is 0 Å². The number of rotatable bonds is 1. The molecule has 1 aromatic rings. The van der Waals surface area contributed by atoms with Gasteiger partial charge >= 0.3 is 6.09 Å². The predicted molar refractivity (Wildman–Crippen MR) is 98.5 cm³/mol. The molecule has 3 rings (SSSR count). The van der Waals surface area contributed by atoms with Crippen molar-refractivity contribution in [2.45, 2.75) is 49.3 Å². The molecule has 24 heavy (non-hydrogen) atoms. The van der Waals surface area contributed by atoms with Crippen LogP contribution in [0.4, 0.5) is 10.5 Å². The van der Waals surface area contributed by atoms with E-state index < -0.39 is 15.7 Å². The van der Waals surface area contributed by atoms with E-state index in [0.29, 0.717) is 12.8 Å².